The molecule has 2 aromatic rings. The molecule has 6 heteroatoms. The maximum atomic E-state index is 5.18. The average Bonchev–Trinajstić information content (AvgIpc) is 3.16. The SMILES string of the molecule is CCNC(=NCCCn1cccn1)NCCCc1ccc(OC)cc1. The van der Waals surface area contributed by atoms with Crippen LogP contribution < -0.4 is 15.4 Å². The normalized spacial score (nSPS) is 11.4. The molecule has 0 aliphatic heterocycles. The number of aryl methyl sites for hydroxylation is 2. The summed E-state index contributed by atoms with van der Waals surface area (Å²) in [6.45, 7) is 5.53. The van der Waals surface area contributed by atoms with Crippen LogP contribution in [0.2, 0.25) is 0 Å². The zero-order valence-corrected chi connectivity index (χ0v) is 15.2. The molecule has 25 heavy (non-hydrogen) atoms. The van der Waals surface area contributed by atoms with Gasteiger partial charge < -0.3 is 15.4 Å². The van der Waals surface area contributed by atoms with Gasteiger partial charge in [-0.15, -0.1) is 0 Å². The van der Waals surface area contributed by atoms with E-state index in [1.165, 1.54) is 5.56 Å². The fourth-order valence-electron chi connectivity index (χ4n) is 2.49. The van der Waals surface area contributed by atoms with Crippen LogP contribution in [-0.2, 0) is 13.0 Å². The first-order chi connectivity index (χ1) is 12.3. The van der Waals surface area contributed by atoms with Crippen LogP contribution in [0.5, 0.6) is 5.75 Å². The number of aromatic nitrogens is 2. The first-order valence-corrected chi connectivity index (χ1v) is 8.94. The molecule has 0 fully saturated rings. The summed E-state index contributed by atoms with van der Waals surface area (Å²) >= 11 is 0. The molecule has 0 aliphatic carbocycles. The smallest absolute Gasteiger partial charge is 0.191 e. The van der Waals surface area contributed by atoms with Crippen LogP contribution in [0.4, 0.5) is 0 Å². The number of benzene rings is 1. The Hall–Kier alpha value is -2.50. The minimum Gasteiger partial charge on any atom is -0.497 e. The number of guanidine groups is 1. The summed E-state index contributed by atoms with van der Waals surface area (Å²) in [5.41, 5.74) is 1.32. The number of ether oxygens (including phenoxy) is 1. The summed E-state index contributed by atoms with van der Waals surface area (Å²) in [6.07, 6.45) is 6.86. The van der Waals surface area contributed by atoms with Crippen molar-refractivity contribution >= 4 is 5.96 Å². The average molecular weight is 343 g/mol. The zero-order valence-electron chi connectivity index (χ0n) is 15.2. The molecule has 0 saturated heterocycles. The predicted molar refractivity (Wildman–Crippen MR) is 102 cm³/mol. The van der Waals surface area contributed by atoms with E-state index in [0.717, 1.165) is 57.2 Å². The van der Waals surface area contributed by atoms with Crippen molar-refractivity contribution in [2.45, 2.75) is 32.7 Å². The molecule has 0 radical (unpaired) electrons. The Morgan fingerprint density at radius 1 is 1.20 bits per heavy atom. The highest BCUT2D eigenvalue weighted by Crippen LogP contribution is 2.12. The second-order valence-corrected chi connectivity index (χ2v) is 5.76. The number of nitrogens with one attached hydrogen (secondary N) is 2. The van der Waals surface area contributed by atoms with Crippen molar-refractivity contribution in [1.82, 2.24) is 20.4 Å². The number of rotatable bonds is 10. The Kier molecular flexibility index (Phi) is 8.38. The number of methoxy groups -OCH3 is 1. The van der Waals surface area contributed by atoms with Crippen LogP contribution in [0, 0.1) is 0 Å². The van der Waals surface area contributed by atoms with Gasteiger partial charge in [-0.1, -0.05) is 12.1 Å². The van der Waals surface area contributed by atoms with Crippen molar-refractivity contribution in [3.05, 3.63) is 48.3 Å². The summed E-state index contributed by atoms with van der Waals surface area (Å²) in [6, 6.07) is 10.2. The molecule has 0 aliphatic rings. The topological polar surface area (TPSA) is 63.5 Å². The summed E-state index contributed by atoms with van der Waals surface area (Å²) in [5.74, 6) is 1.79. The van der Waals surface area contributed by atoms with Crippen LogP contribution in [0.3, 0.4) is 0 Å². The molecule has 0 spiro atoms. The molecule has 2 rings (SSSR count). The molecule has 0 amide bonds. The van der Waals surface area contributed by atoms with E-state index >= 15 is 0 Å². The zero-order chi connectivity index (χ0) is 17.7. The predicted octanol–water partition coefficient (Wildman–Crippen LogP) is 2.47. The molecule has 136 valence electrons. The minimum atomic E-state index is 0.785. The molecule has 0 saturated carbocycles. The van der Waals surface area contributed by atoms with E-state index in [1.54, 1.807) is 13.3 Å². The second kappa shape index (κ2) is 11.1. The largest absolute Gasteiger partial charge is 0.497 e. The highest BCUT2D eigenvalue weighted by atomic mass is 16.5. The third kappa shape index (κ3) is 7.28. The van der Waals surface area contributed by atoms with E-state index in [-0.39, 0.29) is 0 Å². The van der Waals surface area contributed by atoms with E-state index in [1.807, 2.05) is 29.1 Å². The highest BCUT2D eigenvalue weighted by molar-refractivity contribution is 5.79. The Morgan fingerprint density at radius 3 is 2.72 bits per heavy atom. The number of hydrogen-bond donors (Lipinski definition) is 2. The van der Waals surface area contributed by atoms with Gasteiger partial charge in [0.2, 0.25) is 0 Å². The highest BCUT2D eigenvalue weighted by Gasteiger charge is 1.99. The Balaban J connectivity index is 1.66. The fourth-order valence-corrected chi connectivity index (χ4v) is 2.49. The van der Waals surface area contributed by atoms with E-state index < -0.39 is 0 Å². The number of hydrogen-bond acceptors (Lipinski definition) is 3. The van der Waals surface area contributed by atoms with Crippen LogP contribution >= 0.6 is 0 Å². The summed E-state index contributed by atoms with van der Waals surface area (Å²) in [7, 11) is 1.69. The maximum absolute atomic E-state index is 5.18. The van der Waals surface area contributed by atoms with Gasteiger partial charge >= 0.3 is 0 Å². The lowest BCUT2D eigenvalue weighted by Gasteiger charge is -2.11. The Labute approximate surface area is 150 Å². The van der Waals surface area contributed by atoms with Gasteiger partial charge in [-0.05, 0) is 49.9 Å². The first-order valence-electron chi connectivity index (χ1n) is 8.94. The quantitative estimate of drug-likeness (QED) is 0.395. The molecule has 0 atom stereocenters. The van der Waals surface area contributed by atoms with Gasteiger partial charge in [0.05, 0.1) is 7.11 Å². The van der Waals surface area contributed by atoms with Gasteiger partial charge in [-0.25, -0.2) is 0 Å². The van der Waals surface area contributed by atoms with Gasteiger partial charge in [-0.2, -0.15) is 5.10 Å². The van der Waals surface area contributed by atoms with Gasteiger partial charge in [0.25, 0.3) is 0 Å². The molecule has 1 aromatic heterocycles. The molecule has 6 nitrogen and oxygen atoms in total. The maximum Gasteiger partial charge on any atom is 0.191 e. The first kappa shape index (κ1) is 18.8. The van der Waals surface area contributed by atoms with E-state index in [2.05, 4.69) is 39.8 Å². The van der Waals surface area contributed by atoms with Crippen molar-refractivity contribution in [3.8, 4) is 5.75 Å². The summed E-state index contributed by atoms with van der Waals surface area (Å²) in [5, 5.41) is 10.9. The van der Waals surface area contributed by atoms with E-state index in [9.17, 15) is 0 Å². The van der Waals surface area contributed by atoms with E-state index in [4.69, 9.17) is 4.74 Å². The van der Waals surface area contributed by atoms with Crippen LogP contribution in [0.15, 0.2) is 47.7 Å². The third-order valence-electron chi connectivity index (χ3n) is 3.81. The van der Waals surface area contributed by atoms with Crippen molar-refractivity contribution < 1.29 is 4.74 Å². The number of nitrogens with zero attached hydrogens (tertiary/aromatic N) is 3. The third-order valence-corrected chi connectivity index (χ3v) is 3.81. The Bertz CT molecular complexity index is 607. The van der Waals surface area contributed by atoms with Crippen molar-refractivity contribution in [1.29, 1.82) is 0 Å². The molecule has 0 bridgehead atoms. The van der Waals surface area contributed by atoms with Crippen LogP contribution in [-0.4, -0.2) is 42.5 Å². The van der Waals surface area contributed by atoms with Gasteiger partial charge in [-0.3, -0.25) is 9.67 Å². The molecule has 2 N–H and O–H groups in total. The fraction of sp³-hybridized carbons (Fsp3) is 0.474. The van der Waals surface area contributed by atoms with Gasteiger partial charge in [0.15, 0.2) is 5.96 Å². The summed E-state index contributed by atoms with van der Waals surface area (Å²) < 4.78 is 7.12. The monoisotopic (exact) mass is 343 g/mol. The second-order valence-electron chi connectivity index (χ2n) is 5.76. The lowest BCUT2D eigenvalue weighted by molar-refractivity contribution is 0.414. The van der Waals surface area contributed by atoms with Crippen molar-refractivity contribution in [3.63, 3.8) is 0 Å². The standard InChI is InChI=1S/C19H29N5O/c1-3-20-19(22-13-5-15-24-16-6-14-23-24)21-12-4-7-17-8-10-18(25-2)11-9-17/h6,8-11,14,16H,3-5,7,12-13,15H2,1-2H3,(H2,20,21,22). The van der Waals surface area contributed by atoms with Gasteiger partial charge in [0.1, 0.15) is 5.75 Å². The van der Waals surface area contributed by atoms with Crippen LogP contribution in [0.1, 0.15) is 25.3 Å². The van der Waals surface area contributed by atoms with Crippen LogP contribution in [0.25, 0.3) is 0 Å². The summed E-state index contributed by atoms with van der Waals surface area (Å²) in [4.78, 5) is 4.62. The molecular weight excluding hydrogens is 314 g/mol. The lowest BCUT2D eigenvalue weighted by atomic mass is 10.1. The van der Waals surface area contributed by atoms with Crippen molar-refractivity contribution in [2.75, 3.05) is 26.7 Å². The lowest BCUT2D eigenvalue weighted by Crippen LogP contribution is -2.38. The van der Waals surface area contributed by atoms with Crippen molar-refractivity contribution in [2.24, 2.45) is 4.99 Å². The molecule has 0 unspecified atom stereocenters. The minimum absolute atomic E-state index is 0.785. The van der Waals surface area contributed by atoms with Gasteiger partial charge in [0, 0.05) is 38.6 Å². The molecule has 1 aromatic carbocycles. The molecular formula is C19H29N5O. The number of aliphatic imine (C=N–C) groups is 1. The Morgan fingerprint density at radius 2 is 2.04 bits per heavy atom. The molecule has 1 heterocycles. The van der Waals surface area contributed by atoms with E-state index in [0.29, 0.717) is 0 Å².